The van der Waals surface area contributed by atoms with Crippen molar-refractivity contribution in [1.29, 1.82) is 0 Å². The van der Waals surface area contributed by atoms with Crippen LogP contribution in [0.3, 0.4) is 0 Å². The lowest BCUT2D eigenvalue weighted by atomic mass is 9.59. The molecule has 7 rings (SSSR count). The minimum Gasteiger partial charge on any atom is -0.458 e. The lowest BCUT2D eigenvalue weighted by Gasteiger charge is -2.45. The fourth-order valence-electron chi connectivity index (χ4n) is 6.22. The molecular formula is C21H28N2O3. The number of aromatic nitrogens is 1. The first-order valence-electron chi connectivity index (χ1n) is 10.7. The third kappa shape index (κ3) is 2.32. The second kappa shape index (κ2) is 5.57. The van der Waals surface area contributed by atoms with Gasteiger partial charge in [0.1, 0.15) is 17.4 Å². The summed E-state index contributed by atoms with van der Waals surface area (Å²) in [7, 11) is 0. The van der Waals surface area contributed by atoms with Crippen LogP contribution in [0, 0.1) is 11.8 Å². The number of hydrogen-bond acceptors (Lipinski definition) is 5. The highest BCUT2D eigenvalue weighted by Crippen LogP contribution is 2.54. The Morgan fingerprint density at radius 1 is 1.12 bits per heavy atom. The van der Waals surface area contributed by atoms with E-state index in [1.165, 1.54) is 19.3 Å². The van der Waals surface area contributed by atoms with E-state index in [0.717, 1.165) is 74.4 Å². The summed E-state index contributed by atoms with van der Waals surface area (Å²) >= 11 is 0. The molecule has 5 saturated carbocycles. The van der Waals surface area contributed by atoms with Gasteiger partial charge < -0.3 is 14.6 Å². The molecule has 1 N–H and O–H groups in total. The molecule has 2 heterocycles. The molecule has 4 bridgehead atoms. The van der Waals surface area contributed by atoms with Crippen LogP contribution in [0.5, 0.6) is 0 Å². The van der Waals surface area contributed by atoms with Gasteiger partial charge in [0.15, 0.2) is 5.76 Å². The molecule has 1 aromatic heterocycles. The van der Waals surface area contributed by atoms with E-state index in [0.29, 0.717) is 17.9 Å². The molecule has 0 radical (unpaired) electrons. The molecule has 3 unspecified atom stereocenters. The Morgan fingerprint density at radius 2 is 1.88 bits per heavy atom. The first-order chi connectivity index (χ1) is 12.7. The third-order valence-electron chi connectivity index (χ3n) is 8.02. The minimum absolute atomic E-state index is 0.0655. The fraction of sp³-hybridized carbons (Fsp3) is 0.810. The molecule has 5 nitrogen and oxygen atoms in total. The van der Waals surface area contributed by atoms with E-state index < -0.39 is 0 Å². The number of piperidine rings is 1. The first-order valence-corrected chi connectivity index (χ1v) is 10.7. The van der Waals surface area contributed by atoms with E-state index in [-0.39, 0.29) is 17.5 Å². The summed E-state index contributed by atoms with van der Waals surface area (Å²) in [5.41, 5.74) is 1.74. The smallest absolute Gasteiger partial charge is 0.344 e. The summed E-state index contributed by atoms with van der Waals surface area (Å²) < 4.78 is 11.9. The number of carbonyl (C=O) groups is 1. The standard InChI is InChI=1S/C21H28N2O3/c24-20(25-16-10-15-9-14(16)11-22-15)17-18(13-1-2-13)26-23-19(17)21-6-3-12(4-7-21)5-8-21/h12-16,22H,1-11H2. The van der Waals surface area contributed by atoms with Crippen LogP contribution in [0.2, 0.25) is 0 Å². The topological polar surface area (TPSA) is 64.4 Å². The highest BCUT2D eigenvalue weighted by Gasteiger charge is 2.49. The highest BCUT2D eigenvalue weighted by atomic mass is 16.5. The minimum atomic E-state index is -0.150. The van der Waals surface area contributed by atoms with Crippen molar-refractivity contribution in [1.82, 2.24) is 10.5 Å². The van der Waals surface area contributed by atoms with E-state index in [1.54, 1.807) is 0 Å². The molecule has 1 aliphatic heterocycles. The van der Waals surface area contributed by atoms with Crippen molar-refractivity contribution in [3.05, 3.63) is 17.0 Å². The zero-order chi connectivity index (χ0) is 17.3. The van der Waals surface area contributed by atoms with Gasteiger partial charge in [-0.2, -0.15) is 0 Å². The molecule has 1 aromatic rings. The Balaban J connectivity index is 1.33. The van der Waals surface area contributed by atoms with Crippen LogP contribution in [0.25, 0.3) is 0 Å². The molecule has 140 valence electrons. The zero-order valence-electron chi connectivity index (χ0n) is 15.3. The van der Waals surface area contributed by atoms with Gasteiger partial charge in [-0.05, 0) is 63.7 Å². The third-order valence-corrected chi connectivity index (χ3v) is 8.02. The van der Waals surface area contributed by atoms with E-state index in [2.05, 4.69) is 10.5 Å². The van der Waals surface area contributed by atoms with Crippen molar-refractivity contribution in [2.75, 3.05) is 6.54 Å². The summed E-state index contributed by atoms with van der Waals surface area (Å²) in [5, 5.41) is 8.02. The van der Waals surface area contributed by atoms with Crippen molar-refractivity contribution in [3.63, 3.8) is 0 Å². The lowest BCUT2D eigenvalue weighted by Crippen LogP contribution is -2.40. The van der Waals surface area contributed by atoms with Gasteiger partial charge >= 0.3 is 5.97 Å². The Labute approximate surface area is 154 Å². The SMILES string of the molecule is O=C(OC1CC2CC1CN2)c1c(C23CCC(CC2)CC3)noc1C1CC1. The van der Waals surface area contributed by atoms with Gasteiger partial charge in [0.2, 0.25) is 0 Å². The van der Waals surface area contributed by atoms with Crippen LogP contribution in [0.1, 0.15) is 91.9 Å². The van der Waals surface area contributed by atoms with Crippen molar-refractivity contribution in [2.24, 2.45) is 11.8 Å². The van der Waals surface area contributed by atoms with E-state index in [1.807, 2.05) is 0 Å². The second-order valence-corrected chi connectivity index (χ2v) is 9.59. The maximum Gasteiger partial charge on any atom is 0.344 e. The Bertz CT molecular complexity index is 716. The highest BCUT2D eigenvalue weighted by molar-refractivity contribution is 5.92. The number of fused-ring (bicyclic) bond motifs is 5. The van der Waals surface area contributed by atoms with Crippen LogP contribution in [-0.4, -0.2) is 29.8 Å². The average Bonchev–Trinajstić information content (AvgIpc) is 3.10. The van der Waals surface area contributed by atoms with E-state index >= 15 is 0 Å². The molecule has 5 aliphatic carbocycles. The van der Waals surface area contributed by atoms with Gasteiger partial charge in [0, 0.05) is 36.3 Å². The van der Waals surface area contributed by atoms with Crippen molar-refractivity contribution in [3.8, 4) is 0 Å². The second-order valence-electron chi connectivity index (χ2n) is 9.59. The lowest BCUT2D eigenvalue weighted by molar-refractivity contribution is 0.0171. The largest absolute Gasteiger partial charge is 0.458 e. The number of hydrogen-bond donors (Lipinski definition) is 1. The van der Waals surface area contributed by atoms with Gasteiger partial charge in [-0.15, -0.1) is 0 Å². The van der Waals surface area contributed by atoms with Gasteiger partial charge in [-0.1, -0.05) is 5.16 Å². The molecule has 6 fully saturated rings. The quantitative estimate of drug-likeness (QED) is 0.834. The van der Waals surface area contributed by atoms with Crippen LogP contribution in [0.4, 0.5) is 0 Å². The first kappa shape index (κ1) is 15.7. The monoisotopic (exact) mass is 356 g/mol. The van der Waals surface area contributed by atoms with Crippen molar-refractivity contribution >= 4 is 5.97 Å². The van der Waals surface area contributed by atoms with Crippen LogP contribution in [-0.2, 0) is 10.2 Å². The molecule has 0 amide bonds. The maximum absolute atomic E-state index is 13.3. The molecule has 6 aliphatic rings. The molecule has 5 heteroatoms. The maximum atomic E-state index is 13.3. The predicted octanol–water partition coefficient (Wildman–Crippen LogP) is 3.68. The number of nitrogens with one attached hydrogen (secondary N) is 1. The molecular weight excluding hydrogens is 328 g/mol. The molecule has 0 spiro atoms. The number of ether oxygens (including phenoxy) is 1. The van der Waals surface area contributed by atoms with Gasteiger partial charge in [-0.3, -0.25) is 0 Å². The summed E-state index contributed by atoms with van der Waals surface area (Å²) in [4.78, 5) is 13.3. The summed E-state index contributed by atoms with van der Waals surface area (Å²) in [6, 6.07) is 0.537. The Morgan fingerprint density at radius 3 is 2.50 bits per heavy atom. The normalized spacial score (nSPS) is 40.9. The molecule has 0 aromatic carbocycles. The zero-order valence-corrected chi connectivity index (χ0v) is 15.3. The van der Waals surface area contributed by atoms with Gasteiger partial charge in [-0.25, -0.2) is 4.79 Å². The predicted molar refractivity (Wildman–Crippen MR) is 95.1 cm³/mol. The average molecular weight is 356 g/mol. The van der Waals surface area contributed by atoms with Crippen LogP contribution in [0.15, 0.2) is 4.52 Å². The van der Waals surface area contributed by atoms with Crippen molar-refractivity contribution in [2.45, 2.75) is 87.7 Å². The Hall–Kier alpha value is -1.36. The van der Waals surface area contributed by atoms with Gasteiger partial charge in [0.25, 0.3) is 0 Å². The summed E-state index contributed by atoms with van der Waals surface area (Å²) in [6.45, 7) is 0.986. The fourth-order valence-corrected chi connectivity index (χ4v) is 6.22. The molecule has 1 saturated heterocycles. The molecule has 3 atom stereocenters. The molecule has 26 heavy (non-hydrogen) atoms. The van der Waals surface area contributed by atoms with Crippen LogP contribution < -0.4 is 5.32 Å². The van der Waals surface area contributed by atoms with E-state index in [9.17, 15) is 4.79 Å². The number of nitrogens with zero attached hydrogens (tertiary/aromatic N) is 1. The number of rotatable bonds is 4. The Kier molecular flexibility index (Phi) is 3.36. The van der Waals surface area contributed by atoms with E-state index in [4.69, 9.17) is 9.26 Å². The summed E-state index contributed by atoms with van der Waals surface area (Å²) in [6.07, 6.45) is 11.7. The number of carbonyl (C=O) groups excluding carboxylic acids is 1. The number of esters is 1. The van der Waals surface area contributed by atoms with Crippen LogP contribution >= 0.6 is 0 Å². The summed E-state index contributed by atoms with van der Waals surface area (Å²) in [5.74, 6) is 2.44. The van der Waals surface area contributed by atoms with Gasteiger partial charge in [0.05, 0.1) is 0 Å². The van der Waals surface area contributed by atoms with Crippen molar-refractivity contribution < 1.29 is 14.1 Å².